The Morgan fingerprint density at radius 2 is 2.36 bits per heavy atom. The minimum absolute atomic E-state index is 0.178. The number of carbonyl (C=O) groups excluding carboxylic acids is 1. The maximum Gasteiger partial charge on any atom is 0.224 e. The van der Waals surface area contributed by atoms with Crippen LogP contribution in [0.1, 0.15) is 12.8 Å². The molecule has 0 bridgehead atoms. The Hall–Kier alpha value is -0.830. The predicted molar refractivity (Wildman–Crippen MR) is 44.0 cm³/mol. The van der Waals surface area contributed by atoms with E-state index in [0.29, 0.717) is 13.0 Å². The molecule has 0 aliphatic carbocycles. The van der Waals surface area contributed by atoms with Crippen LogP contribution < -0.4 is 5.73 Å². The van der Waals surface area contributed by atoms with Crippen molar-refractivity contribution in [2.45, 2.75) is 12.8 Å². The van der Waals surface area contributed by atoms with Crippen LogP contribution >= 0.6 is 0 Å². The third-order valence-electron chi connectivity index (χ3n) is 1.77. The van der Waals surface area contributed by atoms with E-state index in [-0.39, 0.29) is 5.91 Å². The van der Waals surface area contributed by atoms with E-state index in [1.54, 1.807) is 0 Å². The zero-order chi connectivity index (χ0) is 8.10. The van der Waals surface area contributed by atoms with E-state index < -0.39 is 0 Å². The summed E-state index contributed by atoms with van der Waals surface area (Å²) < 4.78 is 0. The average molecular weight is 154 g/mol. The number of hydrogen-bond acceptors (Lipinski definition) is 2. The van der Waals surface area contributed by atoms with E-state index in [9.17, 15) is 4.79 Å². The number of nitrogens with two attached hydrogens (primary N) is 1. The van der Waals surface area contributed by atoms with Crippen LogP contribution in [0.15, 0.2) is 12.2 Å². The summed E-state index contributed by atoms with van der Waals surface area (Å²) in [4.78, 5) is 13.1. The molecule has 2 N–H and O–H groups in total. The summed E-state index contributed by atoms with van der Waals surface area (Å²) in [5.41, 5.74) is 5.27. The van der Waals surface area contributed by atoms with Crippen molar-refractivity contribution >= 4 is 5.91 Å². The van der Waals surface area contributed by atoms with E-state index in [0.717, 1.165) is 19.5 Å². The molecular weight excluding hydrogens is 140 g/mol. The Morgan fingerprint density at radius 3 is 2.91 bits per heavy atom. The normalized spacial score (nSPS) is 17.0. The highest BCUT2D eigenvalue weighted by molar-refractivity contribution is 5.76. The molecule has 0 fully saturated rings. The molecule has 3 heteroatoms. The largest absolute Gasteiger partial charge is 0.339 e. The fourth-order valence-electron chi connectivity index (χ4n) is 1.15. The number of amides is 1. The van der Waals surface area contributed by atoms with Crippen LogP contribution in [0.5, 0.6) is 0 Å². The number of rotatable bonds is 2. The van der Waals surface area contributed by atoms with Gasteiger partial charge in [-0.25, -0.2) is 0 Å². The quantitative estimate of drug-likeness (QED) is 0.574. The Kier molecular flexibility index (Phi) is 3.11. The van der Waals surface area contributed by atoms with Gasteiger partial charge in [0.2, 0.25) is 5.91 Å². The van der Waals surface area contributed by atoms with Gasteiger partial charge in [-0.05, 0) is 6.42 Å². The van der Waals surface area contributed by atoms with Gasteiger partial charge in [-0.15, -0.1) is 0 Å². The molecule has 3 nitrogen and oxygen atoms in total. The summed E-state index contributed by atoms with van der Waals surface area (Å²) in [7, 11) is 0. The third-order valence-corrected chi connectivity index (χ3v) is 1.77. The zero-order valence-corrected chi connectivity index (χ0v) is 6.62. The molecular formula is C8H14N2O. The standard InChI is InChI=1S/C8H14N2O/c9-5-4-8(11)10-6-2-1-3-7-10/h1-2H,3-7,9H2. The lowest BCUT2D eigenvalue weighted by Crippen LogP contribution is -2.34. The fraction of sp³-hybridized carbons (Fsp3) is 0.625. The molecule has 62 valence electrons. The maximum atomic E-state index is 11.2. The molecule has 0 aromatic carbocycles. The van der Waals surface area contributed by atoms with Crippen molar-refractivity contribution in [1.82, 2.24) is 4.90 Å². The van der Waals surface area contributed by atoms with Crippen molar-refractivity contribution in [2.75, 3.05) is 19.6 Å². The molecule has 1 heterocycles. The second-order valence-electron chi connectivity index (χ2n) is 2.64. The smallest absolute Gasteiger partial charge is 0.224 e. The first-order valence-electron chi connectivity index (χ1n) is 3.97. The Morgan fingerprint density at radius 1 is 1.55 bits per heavy atom. The number of carbonyl (C=O) groups is 1. The molecule has 11 heavy (non-hydrogen) atoms. The van der Waals surface area contributed by atoms with E-state index >= 15 is 0 Å². The van der Waals surface area contributed by atoms with Crippen LogP contribution in [0.4, 0.5) is 0 Å². The van der Waals surface area contributed by atoms with Gasteiger partial charge in [0.05, 0.1) is 0 Å². The Bertz CT molecular complexity index is 165. The topological polar surface area (TPSA) is 46.3 Å². The van der Waals surface area contributed by atoms with Gasteiger partial charge in [0.1, 0.15) is 0 Å². The van der Waals surface area contributed by atoms with Crippen molar-refractivity contribution in [3.8, 4) is 0 Å². The molecule has 0 spiro atoms. The molecule has 1 rings (SSSR count). The van der Waals surface area contributed by atoms with Crippen LogP contribution in [0.3, 0.4) is 0 Å². The lowest BCUT2D eigenvalue weighted by Gasteiger charge is -2.22. The zero-order valence-electron chi connectivity index (χ0n) is 6.62. The van der Waals surface area contributed by atoms with Crippen LogP contribution in [0.25, 0.3) is 0 Å². The minimum Gasteiger partial charge on any atom is -0.339 e. The van der Waals surface area contributed by atoms with Gasteiger partial charge >= 0.3 is 0 Å². The lowest BCUT2D eigenvalue weighted by atomic mass is 10.2. The van der Waals surface area contributed by atoms with Gasteiger partial charge in [0, 0.05) is 26.1 Å². The van der Waals surface area contributed by atoms with Gasteiger partial charge < -0.3 is 10.6 Å². The second kappa shape index (κ2) is 4.13. The van der Waals surface area contributed by atoms with E-state index in [1.807, 2.05) is 11.0 Å². The molecule has 0 unspecified atom stereocenters. The van der Waals surface area contributed by atoms with Gasteiger partial charge in [-0.3, -0.25) is 4.79 Å². The maximum absolute atomic E-state index is 11.2. The molecule has 0 aromatic rings. The van der Waals surface area contributed by atoms with Crippen LogP contribution in [0, 0.1) is 0 Å². The highest BCUT2D eigenvalue weighted by Gasteiger charge is 2.11. The first kappa shape index (κ1) is 8.27. The highest BCUT2D eigenvalue weighted by Crippen LogP contribution is 2.02. The van der Waals surface area contributed by atoms with Crippen molar-refractivity contribution in [3.05, 3.63) is 12.2 Å². The van der Waals surface area contributed by atoms with Gasteiger partial charge in [0.15, 0.2) is 0 Å². The van der Waals surface area contributed by atoms with Crippen LogP contribution in [-0.4, -0.2) is 30.4 Å². The van der Waals surface area contributed by atoms with Crippen molar-refractivity contribution in [3.63, 3.8) is 0 Å². The first-order valence-corrected chi connectivity index (χ1v) is 3.97. The van der Waals surface area contributed by atoms with Crippen molar-refractivity contribution in [1.29, 1.82) is 0 Å². The van der Waals surface area contributed by atoms with Gasteiger partial charge in [-0.2, -0.15) is 0 Å². The van der Waals surface area contributed by atoms with Gasteiger partial charge in [0.25, 0.3) is 0 Å². The summed E-state index contributed by atoms with van der Waals surface area (Å²) >= 11 is 0. The Balaban J connectivity index is 2.34. The van der Waals surface area contributed by atoms with E-state index in [4.69, 9.17) is 5.73 Å². The molecule has 0 radical (unpaired) electrons. The Labute approximate surface area is 66.9 Å². The van der Waals surface area contributed by atoms with Crippen molar-refractivity contribution in [2.24, 2.45) is 5.73 Å². The summed E-state index contributed by atoms with van der Waals surface area (Å²) in [6, 6.07) is 0. The predicted octanol–water partition coefficient (Wildman–Crippen LogP) is 0.124. The summed E-state index contributed by atoms with van der Waals surface area (Å²) in [5.74, 6) is 0.178. The van der Waals surface area contributed by atoms with Crippen LogP contribution in [0.2, 0.25) is 0 Å². The first-order chi connectivity index (χ1) is 5.34. The summed E-state index contributed by atoms with van der Waals surface area (Å²) in [6.07, 6.45) is 5.59. The van der Waals surface area contributed by atoms with Crippen molar-refractivity contribution < 1.29 is 4.79 Å². The fourth-order valence-corrected chi connectivity index (χ4v) is 1.15. The molecule has 0 aromatic heterocycles. The number of hydrogen-bond donors (Lipinski definition) is 1. The molecule has 0 saturated carbocycles. The summed E-state index contributed by atoms with van der Waals surface area (Å²) in [5, 5.41) is 0. The second-order valence-corrected chi connectivity index (χ2v) is 2.64. The van der Waals surface area contributed by atoms with Gasteiger partial charge in [-0.1, -0.05) is 12.2 Å². The monoisotopic (exact) mass is 154 g/mol. The number of nitrogens with zero attached hydrogens (tertiary/aromatic N) is 1. The molecule has 1 amide bonds. The third kappa shape index (κ3) is 2.35. The molecule has 0 atom stereocenters. The average Bonchev–Trinajstić information content (AvgIpc) is 2.07. The summed E-state index contributed by atoms with van der Waals surface area (Å²) in [6.45, 7) is 2.08. The lowest BCUT2D eigenvalue weighted by molar-refractivity contribution is -0.130. The van der Waals surface area contributed by atoms with E-state index in [2.05, 4.69) is 6.08 Å². The SMILES string of the molecule is NCCC(=O)N1CC=CCC1. The molecule has 0 saturated heterocycles. The van der Waals surface area contributed by atoms with E-state index in [1.165, 1.54) is 0 Å². The van der Waals surface area contributed by atoms with Crippen LogP contribution in [-0.2, 0) is 4.79 Å². The highest BCUT2D eigenvalue weighted by atomic mass is 16.2. The minimum atomic E-state index is 0.178. The molecule has 1 aliphatic rings. The molecule has 1 aliphatic heterocycles.